The van der Waals surface area contributed by atoms with Crippen molar-refractivity contribution in [1.82, 2.24) is 19.7 Å². The van der Waals surface area contributed by atoms with Gasteiger partial charge in [0.1, 0.15) is 18.1 Å². The summed E-state index contributed by atoms with van der Waals surface area (Å²) in [4.78, 5) is 11.2. The minimum atomic E-state index is 0.669. The van der Waals surface area contributed by atoms with Gasteiger partial charge in [0.25, 0.3) is 0 Å². The van der Waals surface area contributed by atoms with E-state index in [4.69, 9.17) is 14.8 Å². The predicted octanol–water partition coefficient (Wildman–Crippen LogP) is 6.27. The molecular formula is C31H33N5O. The standard InChI is InChI=1S/C31H33N5O/c1-5-6-8-27(32-2)31-30(29-9-7-18-36(29)34-31)26-16-17-33-28-21-23(12-15-25(26)28)22-10-13-24(14-11-22)37-20-19-35(3)4/h5-6,8,10-17,21H,2,7,9,18-20H2,1,3-4H3/b6-5-,27-8-. The number of aliphatic imine (C=N–C) groups is 1. The molecule has 2 aromatic carbocycles. The van der Waals surface area contributed by atoms with Crippen LogP contribution < -0.4 is 4.74 Å². The zero-order valence-corrected chi connectivity index (χ0v) is 21.8. The number of fused-ring (bicyclic) bond motifs is 2. The Morgan fingerprint density at radius 1 is 1.14 bits per heavy atom. The average molecular weight is 492 g/mol. The van der Waals surface area contributed by atoms with Crippen LogP contribution in [0.25, 0.3) is 38.9 Å². The van der Waals surface area contributed by atoms with E-state index in [1.807, 2.05) is 57.6 Å². The number of allylic oxidation sites excluding steroid dienone is 3. The summed E-state index contributed by atoms with van der Waals surface area (Å²) in [6, 6.07) is 16.9. The first-order valence-electron chi connectivity index (χ1n) is 12.8. The molecule has 0 saturated heterocycles. The first-order chi connectivity index (χ1) is 18.1. The van der Waals surface area contributed by atoms with Gasteiger partial charge in [0.2, 0.25) is 0 Å². The molecule has 5 rings (SSSR count). The Hall–Kier alpha value is -4.03. The molecule has 6 heteroatoms. The number of hydrogen-bond donors (Lipinski definition) is 0. The quantitative estimate of drug-likeness (QED) is 0.205. The summed E-state index contributed by atoms with van der Waals surface area (Å²) in [6.45, 7) is 8.30. The Kier molecular flexibility index (Phi) is 7.28. The third-order valence-electron chi connectivity index (χ3n) is 6.71. The van der Waals surface area contributed by atoms with Crippen LogP contribution in [0.1, 0.15) is 24.7 Å². The van der Waals surface area contributed by atoms with Gasteiger partial charge >= 0.3 is 0 Å². The van der Waals surface area contributed by atoms with Gasteiger partial charge in [-0.05, 0) is 87.6 Å². The first-order valence-corrected chi connectivity index (χ1v) is 12.8. The van der Waals surface area contributed by atoms with E-state index in [0.717, 1.165) is 76.2 Å². The van der Waals surface area contributed by atoms with Gasteiger partial charge < -0.3 is 9.64 Å². The van der Waals surface area contributed by atoms with Crippen molar-refractivity contribution in [2.75, 3.05) is 27.2 Å². The van der Waals surface area contributed by atoms with Crippen molar-refractivity contribution in [2.45, 2.75) is 26.3 Å². The zero-order chi connectivity index (χ0) is 25.8. The van der Waals surface area contributed by atoms with Gasteiger partial charge in [-0.25, -0.2) is 0 Å². The molecule has 0 spiro atoms. The molecule has 0 saturated carbocycles. The van der Waals surface area contributed by atoms with Crippen molar-refractivity contribution in [3.05, 3.63) is 84.3 Å². The van der Waals surface area contributed by atoms with Crippen LogP contribution in [0.2, 0.25) is 0 Å². The normalized spacial score (nSPS) is 13.6. The van der Waals surface area contributed by atoms with Gasteiger partial charge in [-0.2, -0.15) is 5.10 Å². The van der Waals surface area contributed by atoms with Gasteiger partial charge in [-0.3, -0.25) is 14.7 Å². The lowest BCUT2D eigenvalue weighted by Gasteiger charge is -2.12. The summed E-state index contributed by atoms with van der Waals surface area (Å²) < 4.78 is 7.98. The molecule has 2 aromatic heterocycles. The molecule has 0 unspecified atom stereocenters. The van der Waals surface area contributed by atoms with Crippen LogP contribution in [-0.4, -0.2) is 53.6 Å². The number of aromatic nitrogens is 3. The maximum absolute atomic E-state index is 5.85. The number of rotatable bonds is 9. The lowest BCUT2D eigenvalue weighted by Crippen LogP contribution is -2.19. The SMILES string of the molecule is C=N/C(=C\C=C/C)c1nn2c(c1-c1ccnc3cc(-c4ccc(OCCN(C)C)cc4)ccc13)CCC2. The first kappa shape index (κ1) is 24.7. The number of hydrogen-bond acceptors (Lipinski definition) is 5. The number of likely N-dealkylation sites (N-methyl/N-ethyl adjacent to an activating group) is 1. The van der Waals surface area contributed by atoms with Crippen molar-refractivity contribution >= 4 is 23.3 Å². The molecule has 3 heterocycles. The smallest absolute Gasteiger partial charge is 0.119 e. The molecule has 0 fully saturated rings. The van der Waals surface area contributed by atoms with Gasteiger partial charge in [0.05, 0.1) is 11.2 Å². The Morgan fingerprint density at radius 3 is 2.70 bits per heavy atom. The fourth-order valence-electron chi connectivity index (χ4n) is 4.82. The van der Waals surface area contributed by atoms with E-state index in [2.05, 4.69) is 57.7 Å². The summed E-state index contributed by atoms with van der Waals surface area (Å²) >= 11 is 0. The van der Waals surface area contributed by atoms with E-state index < -0.39 is 0 Å². The molecule has 4 aromatic rings. The molecule has 0 N–H and O–H groups in total. The molecule has 0 aliphatic carbocycles. The lowest BCUT2D eigenvalue weighted by atomic mass is 9.95. The van der Waals surface area contributed by atoms with E-state index in [0.29, 0.717) is 6.61 Å². The largest absolute Gasteiger partial charge is 0.492 e. The number of nitrogens with zero attached hydrogens (tertiary/aromatic N) is 5. The fourth-order valence-corrected chi connectivity index (χ4v) is 4.82. The highest BCUT2D eigenvalue weighted by Crippen LogP contribution is 2.39. The van der Waals surface area contributed by atoms with Crippen LogP contribution in [0.3, 0.4) is 0 Å². The van der Waals surface area contributed by atoms with Crippen molar-refractivity contribution in [1.29, 1.82) is 0 Å². The molecule has 1 aliphatic heterocycles. The van der Waals surface area contributed by atoms with E-state index in [1.54, 1.807) is 0 Å². The minimum Gasteiger partial charge on any atom is -0.492 e. The average Bonchev–Trinajstić information content (AvgIpc) is 3.50. The third-order valence-corrected chi connectivity index (χ3v) is 6.71. The fraction of sp³-hybridized carbons (Fsp3) is 0.258. The second-order valence-electron chi connectivity index (χ2n) is 9.50. The highest BCUT2D eigenvalue weighted by atomic mass is 16.5. The molecule has 6 nitrogen and oxygen atoms in total. The Morgan fingerprint density at radius 2 is 1.95 bits per heavy atom. The number of aryl methyl sites for hydroxylation is 1. The van der Waals surface area contributed by atoms with E-state index in [1.165, 1.54) is 5.69 Å². The molecule has 0 atom stereocenters. The van der Waals surface area contributed by atoms with Crippen LogP contribution >= 0.6 is 0 Å². The Labute approximate surface area is 218 Å². The van der Waals surface area contributed by atoms with E-state index in [-0.39, 0.29) is 0 Å². The van der Waals surface area contributed by atoms with Crippen molar-refractivity contribution in [2.24, 2.45) is 4.99 Å². The number of pyridine rings is 1. The topological polar surface area (TPSA) is 55.5 Å². The molecule has 0 radical (unpaired) electrons. The van der Waals surface area contributed by atoms with Crippen molar-refractivity contribution < 1.29 is 4.74 Å². The Balaban J connectivity index is 1.52. The highest BCUT2D eigenvalue weighted by molar-refractivity contribution is 5.99. The van der Waals surface area contributed by atoms with Gasteiger partial charge in [-0.1, -0.05) is 36.4 Å². The summed E-state index contributed by atoms with van der Waals surface area (Å²) in [5, 5.41) is 6.05. The lowest BCUT2D eigenvalue weighted by molar-refractivity contribution is 0.261. The van der Waals surface area contributed by atoms with Gasteiger partial charge in [0.15, 0.2) is 0 Å². The van der Waals surface area contributed by atoms with Gasteiger partial charge in [-0.15, -0.1) is 0 Å². The molecular weight excluding hydrogens is 458 g/mol. The minimum absolute atomic E-state index is 0.669. The maximum atomic E-state index is 5.85. The molecule has 1 aliphatic rings. The monoisotopic (exact) mass is 491 g/mol. The maximum Gasteiger partial charge on any atom is 0.119 e. The van der Waals surface area contributed by atoms with Crippen molar-refractivity contribution in [3.8, 4) is 28.0 Å². The summed E-state index contributed by atoms with van der Waals surface area (Å²) in [5.41, 5.74) is 8.40. The summed E-state index contributed by atoms with van der Waals surface area (Å²) in [7, 11) is 4.09. The van der Waals surface area contributed by atoms with Crippen LogP contribution in [0.5, 0.6) is 5.75 Å². The zero-order valence-electron chi connectivity index (χ0n) is 21.8. The Bertz CT molecular complexity index is 1480. The second-order valence-corrected chi connectivity index (χ2v) is 9.50. The van der Waals surface area contributed by atoms with Crippen LogP contribution in [-0.2, 0) is 13.0 Å². The number of benzene rings is 2. The molecule has 0 amide bonds. The summed E-state index contributed by atoms with van der Waals surface area (Å²) in [5.74, 6) is 0.881. The number of ether oxygens (including phenoxy) is 1. The van der Waals surface area contributed by atoms with Crippen LogP contribution in [0.4, 0.5) is 0 Å². The van der Waals surface area contributed by atoms with E-state index >= 15 is 0 Å². The van der Waals surface area contributed by atoms with Crippen LogP contribution in [0.15, 0.2) is 77.9 Å². The van der Waals surface area contributed by atoms with Crippen LogP contribution in [0, 0.1) is 0 Å². The molecule has 188 valence electrons. The molecule has 37 heavy (non-hydrogen) atoms. The van der Waals surface area contributed by atoms with Gasteiger partial charge in [0, 0.05) is 35.9 Å². The predicted molar refractivity (Wildman–Crippen MR) is 153 cm³/mol. The van der Waals surface area contributed by atoms with Crippen molar-refractivity contribution in [3.63, 3.8) is 0 Å². The molecule has 0 bridgehead atoms. The second kappa shape index (κ2) is 10.9. The third kappa shape index (κ3) is 5.11. The van der Waals surface area contributed by atoms with E-state index in [9.17, 15) is 0 Å². The summed E-state index contributed by atoms with van der Waals surface area (Å²) in [6.07, 6.45) is 9.94. The highest BCUT2D eigenvalue weighted by Gasteiger charge is 2.25.